The van der Waals surface area contributed by atoms with Crippen LogP contribution in [0, 0.1) is 0 Å². The van der Waals surface area contributed by atoms with E-state index in [-0.39, 0.29) is 0 Å². The maximum atomic E-state index is 6.23. The lowest BCUT2D eigenvalue weighted by Gasteiger charge is -2.26. The molecule has 0 aliphatic rings. The lowest BCUT2D eigenvalue weighted by molar-refractivity contribution is 0.669. The van der Waals surface area contributed by atoms with Gasteiger partial charge in [0, 0.05) is 53.6 Å². The molecule has 5 heteroatoms. The Morgan fingerprint density at radius 3 is 1.68 bits per heavy atom. The van der Waals surface area contributed by atoms with E-state index >= 15 is 0 Å². The summed E-state index contributed by atoms with van der Waals surface area (Å²) in [5.74, 6) is 0. The summed E-state index contributed by atoms with van der Waals surface area (Å²) in [7, 11) is 0. The zero-order chi connectivity index (χ0) is 39.6. The van der Waals surface area contributed by atoms with Crippen molar-refractivity contribution in [3.63, 3.8) is 0 Å². The maximum Gasteiger partial charge on any atom is 0.136 e. The molecule has 0 saturated heterocycles. The molecule has 60 heavy (non-hydrogen) atoms. The van der Waals surface area contributed by atoms with Crippen molar-refractivity contribution in [2.24, 2.45) is 0 Å². The van der Waals surface area contributed by atoms with E-state index in [1.165, 1.54) is 47.1 Å². The van der Waals surface area contributed by atoms with Crippen molar-refractivity contribution in [3.05, 3.63) is 206 Å². The molecule has 0 aliphatic carbocycles. The monoisotopic (exact) mass is 802 g/mol. The predicted molar refractivity (Wildman–Crippen MR) is 256 cm³/mol. The van der Waals surface area contributed by atoms with Gasteiger partial charge in [0.1, 0.15) is 16.2 Å². The first kappa shape index (κ1) is 34.7. The Hall–Kier alpha value is -7.31. The van der Waals surface area contributed by atoms with Crippen LogP contribution in [0.5, 0.6) is 0 Å². The van der Waals surface area contributed by atoms with E-state index in [1.807, 2.05) is 23.5 Å². The third kappa shape index (κ3) is 5.90. The van der Waals surface area contributed by atoms with Crippen LogP contribution >= 0.6 is 22.7 Å². The molecule has 9 aromatic carbocycles. The van der Waals surface area contributed by atoms with Gasteiger partial charge in [-0.2, -0.15) is 0 Å². The van der Waals surface area contributed by atoms with E-state index < -0.39 is 0 Å². The number of hydrogen-bond acceptors (Lipinski definition) is 5. The number of aromatic nitrogens is 1. The molecule has 0 unspecified atom stereocenters. The number of thiazole rings is 1. The van der Waals surface area contributed by atoms with Gasteiger partial charge in [0.2, 0.25) is 0 Å². The predicted octanol–water partition coefficient (Wildman–Crippen LogP) is 16.7. The topological polar surface area (TPSA) is 29.3 Å². The molecule has 282 valence electrons. The number of para-hydroxylation sites is 1. The summed E-state index contributed by atoms with van der Waals surface area (Å²) in [5.41, 5.74) is 14.4. The van der Waals surface area contributed by atoms with E-state index in [1.54, 1.807) is 11.3 Å². The number of thiophene rings is 1. The molecule has 12 rings (SSSR count). The Morgan fingerprint density at radius 1 is 0.383 bits per heavy atom. The van der Waals surface area contributed by atoms with Crippen molar-refractivity contribution in [3.8, 4) is 44.0 Å². The van der Waals surface area contributed by atoms with Crippen LogP contribution in [0.2, 0.25) is 0 Å². The van der Waals surface area contributed by atoms with Gasteiger partial charge in [0.05, 0.1) is 10.2 Å². The number of hydrogen-bond donors (Lipinski definition) is 0. The Morgan fingerprint density at radius 2 is 0.967 bits per heavy atom. The number of anilines is 3. The van der Waals surface area contributed by atoms with Crippen molar-refractivity contribution in [1.82, 2.24) is 4.98 Å². The van der Waals surface area contributed by atoms with Crippen LogP contribution < -0.4 is 4.90 Å². The number of benzene rings is 9. The summed E-state index contributed by atoms with van der Waals surface area (Å²) >= 11 is 3.65. The smallest absolute Gasteiger partial charge is 0.136 e. The van der Waals surface area contributed by atoms with Gasteiger partial charge in [-0.3, -0.25) is 0 Å². The Balaban J connectivity index is 0.911. The maximum absolute atomic E-state index is 6.23. The number of nitrogens with zero attached hydrogens (tertiary/aromatic N) is 2. The highest BCUT2D eigenvalue weighted by Crippen LogP contribution is 2.44. The molecule has 3 nitrogen and oxygen atoms in total. The van der Waals surface area contributed by atoms with Crippen molar-refractivity contribution in [2.75, 3.05) is 4.90 Å². The van der Waals surface area contributed by atoms with Crippen LogP contribution in [0.15, 0.2) is 211 Å². The summed E-state index contributed by atoms with van der Waals surface area (Å²) < 4.78 is 10.1. The Kier molecular flexibility index (Phi) is 8.22. The van der Waals surface area contributed by atoms with Crippen LogP contribution in [0.3, 0.4) is 0 Å². The summed E-state index contributed by atoms with van der Waals surface area (Å²) in [6.07, 6.45) is 0. The summed E-state index contributed by atoms with van der Waals surface area (Å²) in [6, 6.07) is 73.8. The van der Waals surface area contributed by atoms with Crippen LogP contribution in [0.25, 0.3) is 96.3 Å². The highest BCUT2D eigenvalue weighted by molar-refractivity contribution is 7.28. The van der Waals surface area contributed by atoms with Gasteiger partial charge in [-0.1, -0.05) is 140 Å². The second kappa shape index (κ2) is 14.2. The second-order valence-electron chi connectivity index (χ2n) is 15.1. The molecule has 12 aromatic rings. The molecule has 0 N–H and O–H groups in total. The molecular formula is C55H34N2OS2. The SMILES string of the molecule is c1ccc(-c2ccc(N(c3ccc(-c4ccc5c(c4)sc4ccc6nc(-c7ccccc7)sc6c45)cc3)c3ccc(-c4cccc5oc6ccccc6c45)cc3)cc2)cc1. The minimum absolute atomic E-state index is 0.902. The minimum Gasteiger partial charge on any atom is -0.456 e. The average Bonchev–Trinajstić information content (AvgIpc) is 4.04. The Labute approximate surface area is 354 Å². The average molecular weight is 803 g/mol. The Bertz CT molecular complexity index is 3510. The lowest BCUT2D eigenvalue weighted by Crippen LogP contribution is -2.09. The van der Waals surface area contributed by atoms with E-state index in [0.29, 0.717) is 0 Å². The van der Waals surface area contributed by atoms with Crippen molar-refractivity contribution in [1.29, 1.82) is 0 Å². The first-order valence-corrected chi connectivity index (χ1v) is 21.7. The van der Waals surface area contributed by atoms with Gasteiger partial charge in [-0.05, 0) is 100 Å². The molecule has 3 aromatic heterocycles. The zero-order valence-electron chi connectivity index (χ0n) is 32.2. The highest BCUT2D eigenvalue weighted by atomic mass is 32.1. The first-order chi connectivity index (χ1) is 29.7. The van der Waals surface area contributed by atoms with Crippen molar-refractivity contribution in [2.45, 2.75) is 0 Å². The van der Waals surface area contributed by atoms with E-state index in [0.717, 1.165) is 66.2 Å². The van der Waals surface area contributed by atoms with Gasteiger partial charge < -0.3 is 9.32 Å². The lowest BCUT2D eigenvalue weighted by atomic mass is 9.99. The quantitative estimate of drug-likeness (QED) is 0.161. The van der Waals surface area contributed by atoms with Crippen molar-refractivity contribution < 1.29 is 4.42 Å². The van der Waals surface area contributed by atoms with Crippen LogP contribution in [0.1, 0.15) is 0 Å². The molecule has 0 saturated carbocycles. The summed E-state index contributed by atoms with van der Waals surface area (Å²) in [6.45, 7) is 0. The van der Waals surface area contributed by atoms with E-state index in [4.69, 9.17) is 9.40 Å². The molecule has 0 aliphatic heterocycles. The largest absolute Gasteiger partial charge is 0.456 e. The molecule has 0 bridgehead atoms. The zero-order valence-corrected chi connectivity index (χ0v) is 33.9. The number of furan rings is 1. The standard InChI is InChI=1S/C55H34N2OS2/c1-3-10-35(11-4-1)36-18-25-41(26-19-36)57(43-29-22-38(23-30-43)44-15-9-17-49-52(44)45-14-7-8-16-48(45)58-49)42-27-20-37(21-28-42)40-24-31-46-51(34-40)59-50-33-32-47-54(53(46)50)60-55(56-47)39-12-5-2-6-13-39/h1-34H. The molecular weight excluding hydrogens is 769 g/mol. The normalized spacial score (nSPS) is 11.7. The minimum atomic E-state index is 0.902. The fourth-order valence-corrected chi connectivity index (χ4v) is 11.0. The fourth-order valence-electron chi connectivity index (χ4n) is 8.62. The van der Waals surface area contributed by atoms with Gasteiger partial charge in [0.25, 0.3) is 0 Å². The van der Waals surface area contributed by atoms with Crippen LogP contribution in [-0.2, 0) is 0 Å². The third-order valence-electron chi connectivity index (χ3n) is 11.5. The van der Waals surface area contributed by atoms with E-state index in [9.17, 15) is 0 Å². The molecule has 0 radical (unpaired) electrons. The highest BCUT2D eigenvalue weighted by Gasteiger charge is 2.18. The third-order valence-corrected chi connectivity index (χ3v) is 13.8. The number of rotatable bonds is 7. The molecule has 0 atom stereocenters. The van der Waals surface area contributed by atoms with Gasteiger partial charge >= 0.3 is 0 Å². The molecule has 3 heterocycles. The molecule has 0 spiro atoms. The summed E-state index contributed by atoms with van der Waals surface area (Å²) in [5, 5.41) is 5.94. The van der Waals surface area contributed by atoms with E-state index in [2.05, 4.69) is 199 Å². The number of fused-ring (bicyclic) bond motifs is 8. The molecule has 0 amide bonds. The van der Waals surface area contributed by atoms with Gasteiger partial charge in [-0.25, -0.2) is 4.98 Å². The fraction of sp³-hybridized carbons (Fsp3) is 0. The molecule has 0 fully saturated rings. The van der Waals surface area contributed by atoms with Crippen LogP contribution in [-0.4, -0.2) is 4.98 Å². The van der Waals surface area contributed by atoms with Crippen molar-refractivity contribution >= 4 is 92.1 Å². The van der Waals surface area contributed by atoms with Crippen LogP contribution in [0.4, 0.5) is 17.1 Å². The summed E-state index contributed by atoms with van der Waals surface area (Å²) in [4.78, 5) is 7.36. The first-order valence-electron chi connectivity index (χ1n) is 20.1. The van der Waals surface area contributed by atoms with Gasteiger partial charge in [-0.15, -0.1) is 22.7 Å². The second-order valence-corrected chi connectivity index (χ2v) is 17.2. The van der Waals surface area contributed by atoms with Gasteiger partial charge in [0.15, 0.2) is 0 Å².